The van der Waals surface area contributed by atoms with Crippen molar-refractivity contribution in [3.8, 4) is 16.9 Å². The fourth-order valence-corrected chi connectivity index (χ4v) is 3.83. The summed E-state index contributed by atoms with van der Waals surface area (Å²) in [5, 5.41) is 16.5. The minimum atomic E-state index is -4.54. The van der Waals surface area contributed by atoms with Crippen molar-refractivity contribution in [1.29, 1.82) is 0 Å². The molecule has 184 valence electrons. The van der Waals surface area contributed by atoms with Crippen LogP contribution in [0.1, 0.15) is 28.8 Å². The van der Waals surface area contributed by atoms with Crippen molar-refractivity contribution in [3.05, 3.63) is 81.9 Å². The van der Waals surface area contributed by atoms with E-state index in [-0.39, 0.29) is 22.5 Å². The van der Waals surface area contributed by atoms with Gasteiger partial charge in [-0.25, -0.2) is 4.39 Å². The first kappa shape index (κ1) is 24.6. The van der Waals surface area contributed by atoms with E-state index in [4.69, 9.17) is 4.74 Å². The maximum atomic E-state index is 13.8. The molecule has 2 aromatic carbocycles. The fourth-order valence-electron chi connectivity index (χ4n) is 3.83. The molecule has 0 bridgehead atoms. The number of ether oxygens (including phenoxy) is 1. The lowest BCUT2D eigenvalue weighted by molar-refractivity contribution is -0.137. The predicted octanol–water partition coefficient (Wildman–Crippen LogP) is 3.33. The van der Waals surface area contributed by atoms with Crippen molar-refractivity contribution in [2.24, 2.45) is 0 Å². The Balaban J connectivity index is 1.78. The fraction of sp³-hybridized carbons (Fsp3) is 0.292. The molecular weight excluding hydrogens is 470 g/mol. The number of amides is 1. The molecule has 4 rings (SSSR count). The molecule has 1 saturated heterocycles. The van der Waals surface area contributed by atoms with Gasteiger partial charge in [0.25, 0.3) is 11.5 Å². The molecule has 0 spiro atoms. The number of carbonyl (C=O) groups is 1. The molecule has 2 atom stereocenters. The average molecular weight is 491 g/mol. The number of alkyl halides is 3. The van der Waals surface area contributed by atoms with Gasteiger partial charge >= 0.3 is 6.18 Å². The third-order valence-corrected chi connectivity index (χ3v) is 5.64. The Morgan fingerprint density at radius 2 is 1.94 bits per heavy atom. The highest BCUT2D eigenvalue weighted by Gasteiger charge is 2.31. The number of hydrogen-bond donors (Lipinski definition) is 2. The van der Waals surface area contributed by atoms with Crippen molar-refractivity contribution in [2.75, 3.05) is 13.2 Å². The summed E-state index contributed by atoms with van der Waals surface area (Å²) in [6.07, 6.45) is -3.59. The second-order valence-electron chi connectivity index (χ2n) is 8.03. The summed E-state index contributed by atoms with van der Waals surface area (Å²) in [6, 6.07) is 9.37. The van der Waals surface area contributed by atoms with Crippen LogP contribution in [0.15, 0.2) is 59.4 Å². The van der Waals surface area contributed by atoms with E-state index >= 15 is 0 Å². The van der Waals surface area contributed by atoms with Crippen molar-refractivity contribution in [1.82, 2.24) is 15.1 Å². The first-order valence-corrected chi connectivity index (χ1v) is 10.8. The lowest BCUT2D eigenvalue weighted by Crippen LogP contribution is -2.47. The van der Waals surface area contributed by atoms with Crippen LogP contribution in [0, 0.1) is 5.82 Å². The van der Waals surface area contributed by atoms with Gasteiger partial charge in [-0.1, -0.05) is 18.2 Å². The summed E-state index contributed by atoms with van der Waals surface area (Å²) in [6.45, 7) is 0.0576. The molecule has 0 saturated carbocycles. The molecule has 11 heteroatoms. The molecule has 1 aliphatic heterocycles. The summed E-state index contributed by atoms with van der Waals surface area (Å²) in [4.78, 5) is 26.2. The summed E-state index contributed by atoms with van der Waals surface area (Å²) in [5.41, 5.74) is -1.88. The lowest BCUT2D eigenvalue weighted by Gasteiger charge is -2.22. The summed E-state index contributed by atoms with van der Waals surface area (Å²) >= 11 is 0. The van der Waals surface area contributed by atoms with Crippen molar-refractivity contribution >= 4 is 5.91 Å². The van der Waals surface area contributed by atoms with E-state index in [1.54, 1.807) is 0 Å². The standard InChI is InChI=1S/C24H21F4N3O4/c25-16-3-1-4-17(11-16)31-23(34)18(22(33)29-20(13-32)21-5-2-10-35-21)12-19(30-31)14-6-8-15(9-7-14)24(26,27)28/h1,3-4,6-9,11-12,20-21,32H,2,5,10,13H2,(H,29,33)/t20?,21-/m0/s1. The van der Waals surface area contributed by atoms with Crippen molar-refractivity contribution in [3.63, 3.8) is 0 Å². The highest BCUT2D eigenvalue weighted by molar-refractivity contribution is 5.95. The number of aromatic nitrogens is 2. The summed E-state index contributed by atoms with van der Waals surface area (Å²) in [5.74, 6) is -1.48. The Morgan fingerprint density at radius 3 is 2.54 bits per heavy atom. The molecule has 2 N–H and O–H groups in total. The number of aliphatic hydroxyl groups is 1. The van der Waals surface area contributed by atoms with Gasteiger partial charge in [-0.3, -0.25) is 9.59 Å². The predicted molar refractivity (Wildman–Crippen MR) is 118 cm³/mol. The van der Waals surface area contributed by atoms with E-state index < -0.39 is 47.8 Å². The third-order valence-electron chi connectivity index (χ3n) is 5.64. The summed E-state index contributed by atoms with van der Waals surface area (Å²) < 4.78 is 59.1. The largest absolute Gasteiger partial charge is 0.416 e. The van der Waals surface area contributed by atoms with Crippen LogP contribution in [0.3, 0.4) is 0 Å². The Kier molecular flexibility index (Phi) is 6.99. The molecule has 1 aliphatic rings. The molecule has 1 aromatic heterocycles. The molecular formula is C24H21F4N3O4. The third kappa shape index (κ3) is 5.41. The number of benzene rings is 2. The van der Waals surface area contributed by atoms with Gasteiger partial charge in [0.1, 0.15) is 11.4 Å². The maximum Gasteiger partial charge on any atom is 0.416 e. The van der Waals surface area contributed by atoms with E-state index in [0.29, 0.717) is 13.0 Å². The molecule has 2 heterocycles. The number of nitrogens with one attached hydrogen (secondary N) is 1. The molecule has 1 fully saturated rings. The molecule has 35 heavy (non-hydrogen) atoms. The van der Waals surface area contributed by atoms with Crippen LogP contribution < -0.4 is 10.9 Å². The minimum Gasteiger partial charge on any atom is -0.394 e. The zero-order valence-corrected chi connectivity index (χ0v) is 18.3. The van der Waals surface area contributed by atoms with Crippen LogP contribution in [0.2, 0.25) is 0 Å². The molecule has 0 radical (unpaired) electrons. The molecule has 1 unspecified atom stereocenters. The van der Waals surface area contributed by atoms with Gasteiger partial charge in [0.05, 0.1) is 35.7 Å². The minimum absolute atomic E-state index is 0.0189. The average Bonchev–Trinajstić information content (AvgIpc) is 3.37. The van der Waals surface area contributed by atoms with Gasteiger partial charge in [0, 0.05) is 12.2 Å². The van der Waals surface area contributed by atoms with E-state index in [1.807, 2.05) is 0 Å². The lowest BCUT2D eigenvalue weighted by atomic mass is 10.1. The van der Waals surface area contributed by atoms with Crippen LogP contribution in [-0.4, -0.2) is 46.2 Å². The monoisotopic (exact) mass is 491 g/mol. The highest BCUT2D eigenvalue weighted by atomic mass is 19.4. The first-order valence-electron chi connectivity index (χ1n) is 10.8. The Morgan fingerprint density at radius 1 is 1.20 bits per heavy atom. The van der Waals surface area contributed by atoms with Gasteiger partial charge < -0.3 is 15.2 Å². The molecule has 7 nitrogen and oxygen atoms in total. The number of halogens is 4. The smallest absolute Gasteiger partial charge is 0.394 e. The number of aliphatic hydroxyl groups excluding tert-OH is 1. The van der Waals surface area contributed by atoms with Gasteiger partial charge in [-0.2, -0.15) is 23.0 Å². The van der Waals surface area contributed by atoms with Gasteiger partial charge in [0.2, 0.25) is 0 Å². The second-order valence-corrected chi connectivity index (χ2v) is 8.03. The number of carbonyl (C=O) groups excluding carboxylic acids is 1. The number of rotatable bonds is 6. The van der Waals surface area contributed by atoms with Gasteiger partial charge in [-0.05, 0) is 49.2 Å². The zero-order chi connectivity index (χ0) is 25.2. The highest BCUT2D eigenvalue weighted by Crippen LogP contribution is 2.30. The van der Waals surface area contributed by atoms with Crippen LogP contribution in [0.25, 0.3) is 16.9 Å². The summed E-state index contributed by atoms with van der Waals surface area (Å²) in [7, 11) is 0. The topological polar surface area (TPSA) is 93.4 Å². The second kappa shape index (κ2) is 9.96. The SMILES string of the molecule is O=C(NC(CO)[C@@H]1CCCO1)c1cc(-c2ccc(C(F)(F)F)cc2)nn(-c2cccc(F)c2)c1=O. The van der Waals surface area contributed by atoms with Crippen LogP contribution in [0.4, 0.5) is 17.6 Å². The molecule has 3 aromatic rings. The number of hydrogen-bond acceptors (Lipinski definition) is 5. The van der Waals surface area contributed by atoms with Crippen LogP contribution in [-0.2, 0) is 10.9 Å². The quantitative estimate of drug-likeness (QED) is 0.516. The van der Waals surface area contributed by atoms with Gasteiger partial charge in [0.15, 0.2) is 0 Å². The Hall–Kier alpha value is -3.57. The zero-order valence-electron chi connectivity index (χ0n) is 18.3. The van der Waals surface area contributed by atoms with E-state index in [0.717, 1.165) is 53.6 Å². The van der Waals surface area contributed by atoms with E-state index in [9.17, 15) is 32.3 Å². The van der Waals surface area contributed by atoms with Crippen molar-refractivity contribution in [2.45, 2.75) is 31.2 Å². The van der Waals surface area contributed by atoms with Crippen LogP contribution >= 0.6 is 0 Å². The van der Waals surface area contributed by atoms with E-state index in [1.165, 1.54) is 12.1 Å². The Bertz CT molecular complexity index is 1270. The molecule has 1 amide bonds. The maximum absolute atomic E-state index is 13.8. The first-order chi connectivity index (χ1) is 16.7. The molecule has 0 aliphatic carbocycles. The van der Waals surface area contributed by atoms with E-state index in [2.05, 4.69) is 10.4 Å². The Labute approximate surface area is 197 Å². The normalized spacial score (nSPS) is 16.8. The van der Waals surface area contributed by atoms with Crippen molar-refractivity contribution < 1.29 is 32.2 Å². The van der Waals surface area contributed by atoms with Crippen LogP contribution in [0.5, 0.6) is 0 Å². The van der Waals surface area contributed by atoms with Gasteiger partial charge in [-0.15, -0.1) is 0 Å². The number of nitrogens with zero attached hydrogens (tertiary/aromatic N) is 2.